The molecule has 0 saturated heterocycles. The highest BCUT2D eigenvalue weighted by atomic mass is 16.5. The van der Waals surface area contributed by atoms with E-state index in [1.165, 1.54) is 0 Å². The first kappa shape index (κ1) is 19.6. The van der Waals surface area contributed by atoms with Crippen LogP contribution in [0, 0.1) is 0 Å². The van der Waals surface area contributed by atoms with Gasteiger partial charge in [0, 0.05) is 29.3 Å². The minimum Gasteiger partial charge on any atom is -0.368 e. The minimum atomic E-state index is -0.161. The Bertz CT molecular complexity index is 876. The van der Waals surface area contributed by atoms with Crippen LogP contribution < -0.4 is 16.0 Å². The molecule has 29 heavy (non-hydrogen) atoms. The lowest BCUT2D eigenvalue weighted by molar-refractivity contribution is 0.358. The molecule has 2 aromatic rings. The Morgan fingerprint density at radius 1 is 1.21 bits per heavy atom. The van der Waals surface area contributed by atoms with E-state index in [1.54, 1.807) is 12.5 Å². The quantitative estimate of drug-likeness (QED) is 0.814. The lowest BCUT2D eigenvalue weighted by atomic mass is 9.90. The van der Waals surface area contributed by atoms with E-state index in [1.807, 2.05) is 18.3 Å². The van der Waals surface area contributed by atoms with Gasteiger partial charge < -0.3 is 20.5 Å². The third-order valence-corrected chi connectivity index (χ3v) is 5.48. The predicted molar refractivity (Wildman–Crippen MR) is 112 cm³/mol. The molecule has 8 heteroatoms. The molecule has 1 aliphatic carbocycles. The fraction of sp³-hybridized carbons (Fsp3) is 0.524. The zero-order chi connectivity index (χ0) is 20.4. The highest BCUT2D eigenvalue weighted by molar-refractivity contribution is 5.71. The number of nitrogens with zero attached hydrogens (tertiary/aromatic N) is 5. The van der Waals surface area contributed by atoms with Crippen LogP contribution in [0.2, 0.25) is 0 Å². The first-order valence-corrected chi connectivity index (χ1v) is 10.2. The maximum absolute atomic E-state index is 6.14. The number of hydrogen-bond acceptors (Lipinski definition) is 8. The molecule has 1 atom stereocenters. The zero-order valence-corrected chi connectivity index (χ0v) is 17.2. The SMILES string of the molecule is CC(C)(C)c1noc(C2=CC(N(c3ccncn3)C3CCC(N)CC3)NC=C2)n1. The summed E-state index contributed by atoms with van der Waals surface area (Å²) in [4.78, 5) is 15.5. The van der Waals surface area contributed by atoms with Gasteiger partial charge in [0.15, 0.2) is 5.82 Å². The average molecular weight is 396 g/mol. The van der Waals surface area contributed by atoms with Crippen LogP contribution in [-0.4, -0.2) is 38.4 Å². The van der Waals surface area contributed by atoms with Crippen molar-refractivity contribution in [1.82, 2.24) is 25.4 Å². The molecule has 8 nitrogen and oxygen atoms in total. The molecule has 0 spiro atoms. The van der Waals surface area contributed by atoms with Crippen molar-refractivity contribution in [2.45, 2.75) is 70.1 Å². The van der Waals surface area contributed by atoms with Crippen molar-refractivity contribution in [2.75, 3.05) is 4.90 Å². The lowest BCUT2D eigenvalue weighted by Crippen LogP contribution is -2.51. The average Bonchev–Trinajstić information content (AvgIpc) is 3.22. The number of dihydropyridines is 1. The predicted octanol–water partition coefficient (Wildman–Crippen LogP) is 2.76. The van der Waals surface area contributed by atoms with Gasteiger partial charge in [0.25, 0.3) is 5.89 Å². The van der Waals surface area contributed by atoms with Crippen LogP contribution in [0.25, 0.3) is 5.57 Å². The molecule has 1 fully saturated rings. The molecule has 0 radical (unpaired) electrons. The summed E-state index contributed by atoms with van der Waals surface area (Å²) in [6, 6.07) is 2.59. The Morgan fingerprint density at radius 3 is 2.66 bits per heavy atom. The normalized spacial score (nSPS) is 24.7. The highest BCUT2D eigenvalue weighted by Crippen LogP contribution is 2.30. The summed E-state index contributed by atoms with van der Waals surface area (Å²) in [5.41, 5.74) is 6.88. The fourth-order valence-corrected chi connectivity index (χ4v) is 3.83. The summed E-state index contributed by atoms with van der Waals surface area (Å²) in [5.74, 6) is 2.13. The Balaban J connectivity index is 1.64. The second-order valence-corrected chi connectivity index (χ2v) is 8.78. The molecule has 2 aromatic heterocycles. The summed E-state index contributed by atoms with van der Waals surface area (Å²) >= 11 is 0. The van der Waals surface area contributed by atoms with Crippen molar-refractivity contribution in [2.24, 2.45) is 5.73 Å². The van der Waals surface area contributed by atoms with E-state index in [0.29, 0.717) is 17.8 Å². The fourth-order valence-electron chi connectivity index (χ4n) is 3.83. The first-order chi connectivity index (χ1) is 13.9. The molecule has 4 rings (SSSR count). The van der Waals surface area contributed by atoms with Crippen molar-refractivity contribution >= 4 is 11.4 Å². The number of rotatable bonds is 4. The summed E-state index contributed by atoms with van der Waals surface area (Å²) < 4.78 is 5.55. The molecule has 3 heterocycles. The summed E-state index contributed by atoms with van der Waals surface area (Å²) in [6.45, 7) is 6.21. The first-order valence-electron chi connectivity index (χ1n) is 10.2. The van der Waals surface area contributed by atoms with Gasteiger partial charge in [-0.3, -0.25) is 0 Å². The molecular formula is C21H29N7O. The van der Waals surface area contributed by atoms with Gasteiger partial charge in [-0.1, -0.05) is 25.9 Å². The van der Waals surface area contributed by atoms with Gasteiger partial charge in [-0.25, -0.2) is 9.97 Å². The van der Waals surface area contributed by atoms with E-state index in [4.69, 9.17) is 10.3 Å². The third-order valence-electron chi connectivity index (χ3n) is 5.48. The molecule has 0 aromatic carbocycles. The smallest absolute Gasteiger partial charge is 0.257 e. The van der Waals surface area contributed by atoms with Crippen molar-refractivity contribution < 1.29 is 4.52 Å². The Morgan fingerprint density at radius 2 is 2.00 bits per heavy atom. The maximum Gasteiger partial charge on any atom is 0.257 e. The van der Waals surface area contributed by atoms with Crippen LogP contribution >= 0.6 is 0 Å². The van der Waals surface area contributed by atoms with Crippen molar-refractivity contribution in [3.8, 4) is 0 Å². The van der Waals surface area contributed by atoms with E-state index < -0.39 is 0 Å². The van der Waals surface area contributed by atoms with Crippen LogP contribution in [0.3, 0.4) is 0 Å². The van der Waals surface area contributed by atoms with Crippen LogP contribution in [0.4, 0.5) is 5.82 Å². The van der Waals surface area contributed by atoms with Gasteiger partial charge in [0.1, 0.15) is 18.3 Å². The van der Waals surface area contributed by atoms with E-state index >= 15 is 0 Å². The second-order valence-electron chi connectivity index (χ2n) is 8.78. The van der Waals surface area contributed by atoms with Crippen LogP contribution in [0.5, 0.6) is 0 Å². The van der Waals surface area contributed by atoms with E-state index in [0.717, 1.165) is 37.1 Å². The van der Waals surface area contributed by atoms with Gasteiger partial charge in [-0.15, -0.1) is 0 Å². The third kappa shape index (κ3) is 4.32. The van der Waals surface area contributed by atoms with Gasteiger partial charge >= 0.3 is 0 Å². The van der Waals surface area contributed by atoms with Crippen LogP contribution in [0.15, 0.2) is 41.5 Å². The molecule has 2 aliphatic rings. The standard InChI is InChI=1S/C21H29N7O/c1-21(2,3)20-26-19(29-27-20)14-8-11-24-18(12-14)28(17-9-10-23-13-25-17)16-6-4-15(22)5-7-16/h8-13,15-16,18,24H,4-7,22H2,1-3H3. The molecule has 1 unspecified atom stereocenters. The number of nitrogens with two attached hydrogens (primary N) is 1. The van der Waals surface area contributed by atoms with Gasteiger partial charge in [-0.2, -0.15) is 4.98 Å². The molecule has 1 saturated carbocycles. The van der Waals surface area contributed by atoms with E-state index in [2.05, 4.69) is 57.2 Å². The number of aromatic nitrogens is 4. The summed E-state index contributed by atoms with van der Waals surface area (Å²) in [7, 11) is 0. The number of hydrogen-bond donors (Lipinski definition) is 2. The summed E-state index contributed by atoms with van der Waals surface area (Å²) in [5, 5.41) is 7.61. The molecule has 1 aliphatic heterocycles. The van der Waals surface area contributed by atoms with E-state index in [9.17, 15) is 0 Å². The number of allylic oxidation sites excluding steroid dienone is 2. The molecule has 3 N–H and O–H groups in total. The van der Waals surface area contributed by atoms with Crippen LogP contribution in [-0.2, 0) is 5.41 Å². The molecule has 0 amide bonds. The number of anilines is 1. The van der Waals surface area contributed by atoms with E-state index in [-0.39, 0.29) is 17.6 Å². The van der Waals surface area contributed by atoms with Gasteiger partial charge in [0.05, 0.1) is 0 Å². The van der Waals surface area contributed by atoms with Gasteiger partial charge in [0.2, 0.25) is 0 Å². The summed E-state index contributed by atoms with van der Waals surface area (Å²) in [6.07, 6.45) is 13.4. The lowest BCUT2D eigenvalue weighted by Gasteiger charge is -2.41. The zero-order valence-electron chi connectivity index (χ0n) is 17.2. The molecular weight excluding hydrogens is 366 g/mol. The maximum atomic E-state index is 6.14. The highest BCUT2D eigenvalue weighted by Gasteiger charge is 2.31. The van der Waals surface area contributed by atoms with Crippen molar-refractivity contribution in [1.29, 1.82) is 0 Å². The Labute approximate surface area is 171 Å². The monoisotopic (exact) mass is 395 g/mol. The van der Waals surface area contributed by atoms with Gasteiger partial charge in [-0.05, 0) is 50.1 Å². The Hall–Kier alpha value is -2.74. The number of nitrogens with one attached hydrogen (secondary N) is 1. The minimum absolute atomic E-state index is 0.0748. The van der Waals surface area contributed by atoms with Crippen LogP contribution in [0.1, 0.15) is 58.2 Å². The second kappa shape index (κ2) is 7.94. The largest absolute Gasteiger partial charge is 0.368 e. The molecule has 0 bridgehead atoms. The Kier molecular flexibility index (Phi) is 5.36. The topological polar surface area (TPSA) is 106 Å². The van der Waals surface area contributed by atoms with Crippen molar-refractivity contribution in [3.05, 3.63) is 48.7 Å². The van der Waals surface area contributed by atoms with Crippen molar-refractivity contribution in [3.63, 3.8) is 0 Å². The molecule has 154 valence electrons.